The van der Waals surface area contributed by atoms with E-state index in [0.717, 1.165) is 5.06 Å². The highest BCUT2D eigenvalue weighted by molar-refractivity contribution is 5.79. The molecule has 0 bridgehead atoms. The van der Waals surface area contributed by atoms with Gasteiger partial charge in [-0.3, -0.25) is 9.69 Å². The molecule has 102 valence electrons. The number of nitrogens with zero attached hydrogens (tertiary/aromatic N) is 2. The Kier molecular flexibility index (Phi) is 6.31. The molecule has 1 heterocycles. The zero-order chi connectivity index (χ0) is 13.4. The third-order valence-electron chi connectivity index (χ3n) is 2.52. The van der Waals surface area contributed by atoms with Crippen LogP contribution in [0.25, 0.3) is 0 Å². The van der Waals surface area contributed by atoms with Crippen molar-refractivity contribution in [2.45, 2.75) is 12.8 Å². The van der Waals surface area contributed by atoms with Crippen molar-refractivity contribution in [3.63, 3.8) is 0 Å². The van der Waals surface area contributed by atoms with Crippen LogP contribution in [0.5, 0.6) is 0 Å². The van der Waals surface area contributed by atoms with Crippen molar-refractivity contribution in [1.82, 2.24) is 9.96 Å². The molecule has 0 aromatic carbocycles. The monoisotopic (exact) mass is 258 g/mol. The van der Waals surface area contributed by atoms with E-state index in [9.17, 15) is 14.4 Å². The van der Waals surface area contributed by atoms with Crippen LogP contribution in [0.4, 0.5) is 0 Å². The lowest BCUT2D eigenvalue weighted by Crippen LogP contribution is -2.42. The van der Waals surface area contributed by atoms with E-state index in [2.05, 4.69) is 0 Å². The van der Waals surface area contributed by atoms with Gasteiger partial charge in [0.25, 0.3) is 5.91 Å². The van der Waals surface area contributed by atoms with Crippen molar-refractivity contribution in [2.75, 3.05) is 39.9 Å². The quantitative estimate of drug-likeness (QED) is 0.475. The average Bonchev–Trinajstić information content (AvgIpc) is 2.36. The summed E-state index contributed by atoms with van der Waals surface area (Å²) in [5.74, 6) is -0.878. The Hall–Kier alpha value is -1.47. The van der Waals surface area contributed by atoms with E-state index < -0.39 is 11.9 Å². The summed E-state index contributed by atoms with van der Waals surface area (Å²) in [4.78, 5) is 39.8. The van der Waals surface area contributed by atoms with Gasteiger partial charge in [-0.15, -0.1) is 0 Å². The lowest BCUT2D eigenvalue weighted by molar-refractivity contribution is -0.194. The number of amides is 1. The van der Waals surface area contributed by atoms with Crippen LogP contribution < -0.4 is 0 Å². The van der Waals surface area contributed by atoms with Gasteiger partial charge >= 0.3 is 5.97 Å². The van der Waals surface area contributed by atoms with Gasteiger partial charge in [0.1, 0.15) is 6.29 Å². The molecule has 7 nitrogen and oxygen atoms in total. The Morgan fingerprint density at radius 1 is 1.39 bits per heavy atom. The number of hydroxylamine groups is 2. The van der Waals surface area contributed by atoms with Crippen LogP contribution in [0.15, 0.2) is 0 Å². The average molecular weight is 258 g/mol. The third-order valence-corrected chi connectivity index (χ3v) is 2.52. The number of hydrogen-bond acceptors (Lipinski definition) is 6. The van der Waals surface area contributed by atoms with Crippen LogP contribution in [0.2, 0.25) is 0 Å². The molecular weight excluding hydrogens is 240 g/mol. The fourth-order valence-corrected chi connectivity index (χ4v) is 1.51. The first kappa shape index (κ1) is 14.6. The molecule has 0 aliphatic carbocycles. The number of aldehydes is 1. The fourth-order valence-electron chi connectivity index (χ4n) is 1.51. The Morgan fingerprint density at radius 2 is 2.06 bits per heavy atom. The van der Waals surface area contributed by atoms with Crippen LogP contribution in [0.3, 0.4) is 0 Å². The number of ether oxygens (including phenoxy) is 1. The Bertz CT molecular complexity index is 302. The summed E-state index contributed by atoms with van der Waals surface area (Å²) in [6, 6.07) is 0. The maximum absolute atomic E-state index is 11.5. The minimum Gasteiger partial charge on any atom is -0.379 e. The molecule has 0 N–H and O–H groups in total. The predicted octanol–water partition coefficient (Wildman–Crippen LogP) is -0.786. The summed E-state index contributed by atoms with van der Waals surface area (Å²) in [7, 11) is 1.37. The maximum atomic E-state index is 11.5. The van der Waals surface area contributed by atoms with Crippen LogP contribution >= 0.6 is 0 Å². The molecule has 1 amide bonds. The summed E-state index contributed by atoms with van der Waals surface area (Å²) in [5.41, 5.74) is 0. The van der Waals surface area contributed by atoms with Gasteiger partial charge in [0.05, 0.1) is 19.8 Å². The minimum atomic E-state index is -0.487. The number of carbonyl (C=O) groups is 3. The van der Waals surface area contributed by atoms with Crippen LogP contribution in [-0.2, 0) is 24.0 Å². The summed E-state index contributed by atoms with van der Waals surface area (Å²) in [6.07, 6.45) is 0.830. The Balaban J connectivity index is 2.25. The summed E-state index contributed by atoms with van der Waals surface area (Å²) < 4.78 is 5.15. The minimum absolute atomic E-state index is 0.0465. The second kappa shape index (κ2) is 7.78. The molecule has 1 saturated heterocycles. The van der Waals surface area contributed by atoms with Gasteiger partial charge in [-0.2, -0.15) is 5.06 Å². The molecule has 1 aliphatic heterocycles. The van der Waals surface area contributed by atoms with E-state index in [1.807, 2.05) is 4.90 Å². The van der Waals surface area contributed by atoms with Crippen molar-refractivity contribution in [2.24, 2.45) is 0 Å². The van der Waals surface area contributed by atoms with Crippen molar-refractivity contribution >= 4 is 18.2 Å². The van der Waals surface area contributed by atoms with E-state index in [4.69, 9.17) is 9.57 Å². The van der Waals surface area contributed by atoms with Gasteiger partial charge in [0.2, 0.25) is 0 Å². The summed E-state index contributed by atoms with van der Waals surface area (Å²) in [5, 5.41) is 0.881. The highest BCUT2D eigenvalue weighted by atomic mass is 16.7. The van der Waals surface area contributed by atoms with Gasteiger partial charge in [-0.1, -0.05) is 0 Å². The van der Waals surface area contributed by atoms with E-state index in [1.54, 1.807) is 0 Å². The predicted molar refractivity (Wildman–Crippen MR) is 61.4 cm³/mol. The van der Waals surface area contributed by atoms with E-state index in [-0.39, 0.29) is 19.4 Å². The largest absolute Gasteiger partial charge is 0.379 e. The lowest BCUT2D eigenvalue weighted by atomic mass is 10.3. The molecule has 0 unspecified atom stereocenters. The van der Waals surface area contributed by atoms with Crippen LogP contribution in [-0.4, -0.2) is 68.0 Å². The van der Waals surface area contributed by atoms with Crippen LogP contribution in [0, 0.1) is 0 Å². The van der Waals surface area contributed by atoms with Crippen molar-refractivity contribution in [1.29, 1.82) is 0 Å². The van der Waals surface area contributed by atoms with Gasteiger partial charge in [0.15, 0.2) is 0 Å². The number of rotatable bonds is 5. The van der Waals surface area contributed by atoms with Gasteiger partial charge in [0, 0.05) is 33.0 Å². The smallest absolute Gasteiger partial charge is 0.346 e. The molecule has 0 aromatic heterocycles. The van der Waals surface area contributed by atoms with Crippen molar-refractivity contribution < 1.29 is 24.0 Å². The zero-order valence-electron chi connectivity index (χ0n) is 10.5. The SMILES string of the molecule is CN(OC(=O)CN1CCOCC1)C(=O)CCC=O. The normalized spacial score (nSPS) is 16.1. The van der Waals surface area contributed by atoms with Gasteiger partial charge < -0.3 is 14.4 Å². The second-order valence-electron chi connectivity index (χ2n) is 3.95. The summed E-state index contributed by atoms with van der Waals surface area (Å²) in [6.45, 7) is 2.69. The summed E-state index contributed by atoms with van der Waals surface area (Å²) >= 11 is 0. The molecular formula is C11H18N2O5. The number of morpholine rings is 1. The first-order chi connectivity index (χ1) is 8.63. The van der Waals surface area contributed by atoms with Crippen LogP contribution in [0.1, 0.15) is 12.8 Å². The first-order valence-electron chi connectivity index (χ1n) is 5.84. The molecule has 18 heavy (non-hydrogen) atoms. The molecule has 1 rings (SSSR count). The Labute approximate surface area is 106 Å². The van der Waals surface area contributed by atoms with E-state index in [1.165, 1.54) is 7.05 Å². The molecule has 0 radical (unpaired) electrons. The molecule has 0 atom stereocenters. The number of hydrogen-bond donors (Lipinski definition) is 0. The van der Waals surface area contributed by atoms with E-state index in [0.29, 0.717) is 32.6 Å². The zero-order valence-corrected chi connectivity index (χ0v) is 10.5. The third kappa shape index (κ3) is 5.24. The molecule has 0 saturated carbocycles. The molecule has 1 fully saturated rings. The highest BCUT2D eigenvalue weighted by Crippen LogP contribution is 1.99. The van der Waals surface area contributed by atoms with Gasteiger partial charge in [-0.05, 0) is 0 Å². The molecule has 0 aromatic rings. The first-order valence-corrected chi connectivity index (χ1v) is 5.84. The molecule has 0 spiro atoms. The van der Waals surface area contributed by atoms with Crippen molar-refractivity contribution in [3.05, 3.63) is 0 Å². The van der Waals surface area contributed by atoms with E-state index >= 15 is 0 Å². The maximum Gasteiger partial charge on any atom is 0.346 e. The number of carbonyl (C=O) groups excluding carboxylic acids is 3. The molecule has 7 heteroatoms. The highest BCUT2D eigenvalue weighted by Gasteiger charge is 2.18. The Morgan fingerprint density at radius 3 is 2.67 bits per heavy atom. The van der Waals surface area contributed by atoms with Gasteiger partial charge in [-0.25, -0.2) is 4.79 Å². The second-order valence-corrected chi connectivity index (χ2v) is 3.95. The lowest BCUT2D eigenvalue weighted by Gasteiger charge is -2.26. The van der Waals surface area contributed by atoms with Crippen molar-refractivity contribution in [3.8, 4) is 0 Å². The fraction of sp³-hybridized carbons (Fsp3) is 0.727. The standard InChI is InChI=1S/C11H18N2O5/c1-12(10(15)3-2-6-14)18-11(16)9-13-4-7-17-8-5-13/h6H,2-5,7-9H2,1H3. The topological polar surface area (TPSA) is 76.2 Å². The molecule has 1 aliphatic rings.